The predicted molar refractivity (Wildman–Crippen MR) is 93.1 cm³/mol. The molecule has 0 fully saturated rings. The van der Waals surface area contributed by atoms with Gasteiger partial charge in [-0.05, 0) is 45.0 Å². The van der Waals surface area contributed by atoms with Gasteiger partial charge in [0.25, 0.3) is 5.91 Å². The van der Waals surface area contributed by atoms with Crippen LogP contribution in [-0.4, -0.2) is 34.9 Å². The van der Waals surface area contributed by atoms with Crippen molar-refractivity contribution in [2.24, 2.45) is 0 Å². The highest BCUT2D eigenvalue weighted by Crippen LogP contribution is 2.24. The standard InChI is InChI=1S/C16H19FN4O2S/c1-4-21(5-2)14(22)13-10(3)18-16(24-13)20-15(23)19-12-8-6-11(17)7-9-12/h6-9H,4-5H2,1-3H3,(H2,18,19,20,23). The van der Waals surface area contributed by atoms with Gasteiger partial charge in [0, 0.05) is 18.8 Å². The Hall–Kier alpha value is -2.48. The second-order valence-electron chi connectivity index (χ2n) is 5.00. The summed E-state index contributed by atoms with van der Waals surface area (Å²) in [5.74, 6) is -0.474. The van der Waals surface area contributed by atoms with Crippen LogP contribution < -0.4 is 10.6 Å². The maximum Gasteiger partial charge on any atom is 0.325 e. The van der Waals surface area contributed by atoms with Crippen molar-refractivity contribution >= 4 is 34.1 Å². The molecule has 0 aliphatic carbocycles. The molecule has 24 heavy (non-hydrogen) atoms. The fourth-order valence-electron chi connectivity index (χ4n) is 2.10. The lowest BCUT2D eigenvalue weighted by molar-refractivity contribution is 0.0777. The molecule has 1 aromatic carbocycles. The second-order valence-corrected chi connectivity index (χ2v) is 6.00. The summed E-state index contributed by atoms with van der Waals surface area (Å²) in [6.07, 6.45) is 0. The molecule has 0 unspecified atom stereocenters. The number of benzene rings is 1. The normalized spacial score (nSPS) is 10.3. The van der Waals surface area contributed by atoms with Gasteiger partial charge in [-0.15, -0.1) is 0 Å². The molecule has 0 aliphatic heterocycles. The number of rotatable bonds is 5. The number of carbonyl (C=O) groups excluding carboxylic acids is 2. The van der Waals surface area contributed by atoms with Crippen LogP contribution in [0.15, 0.2) is 24.3 Å². The Morgan fingerprint density at radius 1 is 1.17 bits per heavy atom. The fraction of sp³-hybridized carbons (Fsp3) is 0.312. The van der Waals surface area contributed by atoms with E-state index in [4.69, 9.17) is 0 Å². The van der Waals surface area contributed by atoms with Gasteiger partial charge in [0.1, 0.15) is 10.7 Å². The van der Waals surface area contributed by atoms with E-state index in [1.54, 1.807) is 11.8 Å². The molecule has 0 radical (unpaired) electrons. The van der Waals surface area contributed by atoms with Crippen molar-refractivity contribution in [1.82, 2.24) is 9.88 Å². The topological polar surface area (TPSA) is 74.3 Å². The zero-order valence-electron chi connectivity index (χ0n) is 13.7. The smallest absolute Gasteiger partial charge is 0.325 e. The first kappa shape index (κ1) is 17.9. The van der Waals surface area contributed by atoms with E-state index in [0.29, 0.717) is 34.5 Å². The van der Waals surface area contributed by atoms with Gasteiger partial charge < -0.3 is 10.2 Å². The van der Waals surface area contributed by atoms with E-state index in [0.717, 1.165) is 11.3 Å². The number of anilines is 2. The number of carbonyl (C=O) groups is 2. The van der Waals surface area contributed by atoms with Crippen molar-refractivity contribution in [3.63, 3.8) is 0 Å². The summed E-state index contributed by atoms with van der Waals surface area (Å²) in [5.41, 5.74) is 1.04. The van der Waals surface area contributed by atoms with Gasteiger partial charge in [0.05, 0.1) is 5.69 Å². The molecule has 1 aromatic heterocycles. The van der Waals surface area contributed by atoms with E-state index in [2.05, 4.69) is 15.6 Å². The van der Waals surface area contributed by atoms with Crippen LogP contribution in [0.5, 0.6) is 0 Å². The van der Waals surface area contributed by atoms with Crippen LogP contribution in [0.2, 0.25) is 0 Å². The second kappa shape index (κ2) is 7.87. The highest BCUT2D eigenvalue weighted by molar-refractivity contribution is 7.17. The Balaban J connectivity index is 2.05. The molecule has 0 bridgehead atoms. The van der Waals surface area contributed by atoms with Gasteiger partial charge >= 0.3 is 6.03 Å². The van der Waals surface area contributed by atoms with Crippen LogP contribution >= 0.6 is 11.3 Å². The van der Waals surface area contributed by atoms with Crippen LogP contribution in [0, 0.1) is 12.7 Å². The summed E-state index contributed by atoms with van der Waals surface area (Å²) in [6.45, 7) is 6.78. The Bertz CT molecular complexity index is 726. The molecule has 6 nitrogen and oxygen atoms in total. The SMILES string of the molecule is CCN(CC)C(=O)c1sc(NC(=O)Nc2ccc(F)cc2)nc1C. The van der Waals surface area contributed by atoms with E-state index < -0.39 is 6.03 Å². The van der Waals surface area contributed by atoms with Crippen molar-refractivity contribution in [3.8, 4) is 0 Å². The number of amides is 3. The van der Waals surface area contributed by atoms with Gasteiger partial charge in [-0.3, -0.25) is 10.1 Å². The molecule has 3 amide bonds. The van der Waals surface area contributed by atoms with Gasteiger partial charge in [0.2, 0.25) is 0 Å². The maximum atomic E-state index is 12.8. The lowest BCUT2D eigenvalue weighted by atomic mass is 10.3. The number of nitrogens with zero attached hydrogens (tertiary/aromatic N) is 2. The zero-order valence-corrected chi connectivity index (χ0v) is 14.5. The lowest BCUT2D eigenvalue weighted by Gasteiger charge is -2.17. The van der Waals surface area contributed by atoms with Crippen LogP contribution in [0.1, 0.15) is 29.2 Å². The molecular weight excluding hydrogens is 331 g/mol. The molecule has 0 atom stereocenters. The lowest BCUT2D eigenvalue weighted by Crippen LogP contribution is -2.30. The highest BCUT2D eigenvalue weighted by atomic mass is 32.1. The molecule has 1 heterocycles. The molecule has 0 aliphatic rings. The summed E-state index contributed by atoms with van der Waals surface area (Å²) in [6, 6.07) is 4.92. The Labute approximate surface area is 143 Å². The van der Waals surface area contributed by atoms with Crippen molar-refractivity contribution in [1.29, 1.82) is 0 Å². The van der Waals surface area contributed by atoms with Crippen molar-refractivity contribution < 1.29 is 14.0 Å². The van der Waals surface area contributed by atoms with Gasteiger partial charge in [-0.25, -0.2) is 14.2 Å². The molecule has 8 heteroatoms. The Morgan fingerprint density at radius 3 is 2.38 bits per heavy atom. The predicted octanol–water partition coefficient (Wildman–Crippen LogP) is 3.72. The molecule has 0 spiro atoms. The number of urea groups is 1. The van der Waals surface area contributed by atoms with Gasteiger partial charge in [0.15, 0.2) is 5.13 Å². The summed E-state index contributed by atoms with van der Waals surface area (Å²) >= 11 is 1.13. The van der Waals surface area contributed by atoms with E-state index in [-0.39, 0.29) is 11.7 Å². The minimum absolute atomic E-state index is 0.0954. The zero-order chi connectivity index (χ0) is 17.7. The molecule has 0 saturated heterocycles. The third-order valence-electron chi connectivity index (χ3n) is 3.36. The summed E-state index contributed by atoms with van der Waals surface area (Å²) in [5, 5.41) is 5.50. The highest BCUT2D eigenvalue weighted by Gasteiger charge is 2.20. The van der Waals surface area contributed by atoms with E-state index in [1.807, 2.05) is 13.8 Å². The Morgan fingerprint density at radius 2 is 1.79 bits per heavy atom. The average Bonchev–Trinajstić information content (AvgIpc) is 2.91. The first-order valence-corrected chi connectivity index (χ1v) is 8.36. The molecule has 2 rings (SSSR count). The number of halogens is 1. The fourth-order valence-corrected chi connectivity index (χ4v) is 3.02. The molecule has 2 N–H and O–H groups in total. The van der Waals surface area contributed by atoms with Gasteiger partial charge in [-0.1, -0.05) is 11.3 Å². The summed E-state index contributed by atoms with van der Waals surface area (Å²) in [4.78, 5) is 30.8. The number of hydrogen-bond acceptors (Lipinski definition) is 4. The number of nitrogens with one attached hydrogen (secondary N) is 2. The van der Waals surface area contributed by atoms with E-state index in [1.165, 1.54) is 24.3 Å². The van der Waals surface area contributed by atoms with Crippen LogP contribution in [0.4, 0.5) is 20.0 Å². The minimum atomic E-state index is -0.503. The monoisotopic (exact) mass is 350 g/mol. The van der Waals surface area contributed by atoms with E-state index >= 15 is 0 Å². The summed E-state index contributed by atoms with van der Waals surface area (Å²) in [7, 11) is 0. The maximum absolute atomic E-state index is 12.8. The summed E-state index contributed by atoms with van der Waals surface area (Å²) < 4.78 is 12.8. The average molecular weight is 350 g/mol. The molecule has 0 saturated carbocycles. The number of aryl methyl sites for hydroxylation is 1. The van der Waals surface area contributed by atoms with Crippen LogP contribution in [-0.2, 0) is 0 Å². The largest absolute Gasteiger partial charge is 0.338 e. The number of hydrogen-bond donors (Lipinski definition) is 2. The van der Waals surface area contributed by atoms with Crippen molar-refractivity contribution in [2.45, 2.75) is 20.8 Å². The molecule has 2 aromatic rings. The van der Waals surface area contributed by atoms with Crippen LogP contribution in [0.25, 0.3) is 0 Å². The molecular formula is C16H19FN4O2S. The number of aromatic nitrogens is 1. The third kappa shape index (κ3) is 4.29. The van der Waals surface area contributed by atoms with Crippen molar-refractivity contribution in [2.75, 3.05) is 23.7 Å². The van der Waals surface area contributed by atoms with Crippen LogP contribution in [0.3, 0.4) is 0 Å². The first-order valence-electron chi connectivity index (χ1n) is 7.54. The quantitative estimate of drug-likeness (QED) is 0.863. The van der Waals surface area contributed by atoms with Crippen molar-refractivity contribution in [3.05, 3.63) is 40.7 Å². The molecule has 128 valence electrons. The first-order chi connectivity index (χ1) is 11.4. The minimum Gasteiger partial charge on any atom is -0.338 e. The number of thiazole rings is 1. The Kier molecular flexibility index (Phi) is 5.86. The van der Waals surface area contributed by atoms with Gasteiger partial charge in [-0.2, -0.15) is 0 Å². The van der Waals surface area contributed by atoms with E-state index in [9.17, 15) is 14.0 Å². The third-order valence-corrected chi connectivity index (χ3v) is 4.42.